The van der Waals surface area contributed by atoms with Crippen LogP contribution in [0.5, 0.6) is 0 Å². The van der Waals surface area contributed by atoms with Crippen molar-refractivity contribution in [3.8, 4) is 6.07 Å². The molecule has 0 bridgehead atoms. The zero-order chi connectivity index (χ0) is 15.9. The molecule has 0 saturated carbocycles. The molecule has 0 saturated heterocycles. The van der Waals surface area contributed by atoms with Crippen molar-refractivity contribution in [2.45, 2.75) is 0 Å². The van der Waals surface area contributed by atoms with Gasteiger partial charge in [-0.25, -0.2) is 4.98 Å². The first-order chi connectivity index (χ1) is 10.7. The Morgan fingerprint density at radius 1 is 1.36 bits per heavy atom. The van der Waals surface area contributed by atoms with E-state index in [1.54, 1.807) is 42.3 Å². The minimum atomic E-state index is -0.203. The lowest BCUT2D eigenvalue weighted by Crippen LogP contribution is -2.34. The van der Waals surface area contributed by atoms with Crippen LogP contribution in [-0.4, -0.2) is 31.2 Å². The van der Waals surface area contributed by atoms with Crippen LogP contribution in [0.2, 0.25) is 5.15 Å². The van der Waals surface area contributed by atoms with E-state index in [1.807, 2.05) is 0 Å². The van der Waals surface area contributed by atoms with Gasteiger partial charge in [-0.15, -0.1) is 0 Å². The molecule has 0 aliphatic rings. The number of anilines is 1. The van der Waals surface area contributed by atoms with E-state index in [0.29, 0.717) is 30.0 Å². The van der Waals surface area contributed by atoms with Crippen LogP contribution in [0.25, 0.3) is 0 Å². The lowest BCUT2D eigenvalue weighted by atomic mass is 10.1. The number of benzene rings is 1. The summed E-state index contributed by atoms with van der Waals surface area (Å²) in [6.07, 6.45) is 1.49. The van der Waals surface area contributed by atoms with Crippen LogP contribution >= 0.6 is 11.6 Å². The zero-order valence-corrected chi connectivity index (χ0v) is 12.7. The molecule has 0 radical (unpaired) electrons. The van der Waals surface area contributed by atoms with E-state index in [2.05, 4.69) is 11.1 Å². The number of rotatable bonds is 5. The number of hydrogen-bond donors (Lipinski definition) is 0. The minimum Gasteiger partial charge on any atom is -0.383 e. The molecule has 1 aromatic carbocycles. The quantitative estimate of drug-likeness (QED) is 0.796. The number of amides is 1. The van der Waals surface area contributed by atoms with Crippen LogP contribution in [0.1, 0.15) is 15.9 Å². The van der Waals surface area contributed by atoms with Crippen LogP contribution in [0.15, 0.2) is 42.6 Å². The third kappa shape index (κ3) is 3.82. The Morgan fingerprint density at radius 3 is 2.68 bits per heavy atom. The zero-order valence-electron chi connectivity index (χ0n) is 12.0. The van der Waals surface area contributed by atoms with E-state index in [1.165, 1.54) is 12.3 Å². The molecule has 1 amide bonds. The molecular weight excluding hydrogens is 302 g/mol. The lowest BCUT2D eigenvalue weighted by Gasteiger charge is -2.22. The summed E-state index contributed by atoms with van der Waals surface area (Å²) < 4.78 is 5.06. The summed E-state index contributed by atoms with van der Waals surface area (Å²) in [5, 5.41) is 9.12. The van der Waals surface area contributed by atoms with E-state index in [0.717, 1.165) is 0 Å². The highest BCUT2D eigenvalue weighted by molar-refractivity contribution is 6.29. The second-order valence-corrected chi connectivity index (χ2v) is 4.86. The molecule has 0 aliphatic heterocycles. The van der Waals surface area contributed by atoms with E-state index < -0.39 is 0 Å². The summed E-state index contributed by atoms with van der Waals surface area (Å²) in [5.41, 5.74) is 1.67. The Balaban J connectivity index is 2.32. The number of nitrogens with zero attached hydrogens (tertiary/aromatic N) is 3. The van der Waals surface area contributed by atoms with Gasteiger partial charge in [-0.05, 0) is 36.4 Å². The number of methoxy groups -OCH3 is 1. The van der Waals surface area contributed by atoms with Gasteiger partial charge in [0.15, 0.2) is 0 Å². The second kappa shape index (κ2) is 7.55. The molecule has 1 aromatic heterocycles. The van der Waals surface area contributed by atoms with Gasteiger partial charge in [0.1, 0.15) is 5.15 Å². The summed E-state index contributed by atoms with van der Waals surface area (Å²) >= 11 is 5.84. The van der Waals surface area contributed by atoms with Crippen LogP contribution < -0.4 is 4.90 Å². The van der Waals surface area contributed by atoms with Crippen molar-refractivity contribution < 1.29 is 9.53 Å². The highest BCUT2D eigenvalue weighted by Gasteiger charge is 2.18. The number of halogens is 1. The summed E-state index contributed by atoms with van der Waals surface area (Å²) in [5.74, 6) is -0.203. The van der Waals surface area contributed by atoms with Crippen LogP contribution in [-0.2, 0) is 4.74 Å². The van der Waals surface area contributed by atoms with Gasteiger partial charge in [0.2, 0.25) is 0 Å². The van der Waals surface area contributed by atoms with Crippen molar-refractivity contribution in [1.29, 1.82) is 5.26 Å². The van der Waals surface area contributed by atoms with E-state index in [4.69, 9.17) is 21.6 Å². The number of aromatic nitrogens is 1. The molecule has 0 atom stereocenters. The first-order valence-corrected chi connectivity index (χ1v) is 6.96. The standard InChI is InChI=1S/C16H14ClN3O2/c1-22-9-8-20(14-4-2-12(11-18)3-5-14)16(21)13-6-7-19-15(17)10-13/h2-7,10H,8-9H2,1H3. The Morgan fingerprint density at radius 2 is 2.09 bits per heavy atom. The van der Waals surface area contributed by atoms with Crippen molar-refractivity contribution in [2.75, 3.05) is 25.2 Å². The topological polar surface area (TPSA) is 66.2 Å². The average Bonchev–Trinajstić information content (AvgIpc) is 2.55. The normalized spacial score (nSPS) is 10.0. The fourth-order valence-corrected chi connectivity index (χ4v) is 2.11. The lowest BCUT2D eigenvalue weighted by molar-refractivity contribution is 0.0976. The predicted octanol–water partition coefficient (Wildman–Crippen LogP) is 2.90. The Kier molecular flexibility index (Phi) is 5.48. The summed E-state index contributed by atoms with van der Waals surface area (Å²) in [7, 11) is 1.57. The van der Waals surface area contributed by atoms with Gasteiger partial charge in [-0.1, -0.05) is 11.6 Å². The van der Waals surface area contributed by atoms with Crippen LogP contribution in [0, 0.1) is 11.3 Å². The Labute approximate surface area is 133 Å². The van der Waals surface area contributed by atoms with Crippen molar-refractivity contribution in [1.82, 2.24) is 4.98 Å². The number of carbonyl (C=O) groups excluding carboxylic acids is 1. The summed E-state index contributed by atoms with van der Waals surface area (Å²) in [6.45, 7) is 0.783. The first-order valence-electron chi connectivity index (χ1n) is 6.58. The van der Waals surface area contributed by atoms with Gasteiger partial charge in [-0.3, -0.25) is 4.79 Å². The van der Waals surface area contributed by atoms with Gasteiger partial charge in [0.05, 0.1) is 18.2 Å². The molecule has 0 fully saturated rings. The Hall–Kier alpha value is -2.42. The van der Waals surface area contributed by atoms with Crippen LogP contribution in [0.3, 0.4) is 0 Å². The molecule has 22 heavy (non-hydrogen) atoms. The maximum atomic E-state index is 12.7. The van der Waals surface area contributed by atoms with Gasteiger partial charge in [-0.2, -0.15) is 5.26 Å². The summed E-state index contributed by atoms with van der Waals surface area (Å²) in [4.78, 5) is 18.1. The molecule has 0 aliphatic carbocycles. The number of hydrogen-bond acceptors (Lipinski definition) is 4. The van der Waals surface area contributed by atoms with Crippen molar-refractivity contribution in [3.05, 3.63) is 58.9 Å². The molecule has 2 rings (SSSR count). The third-order valence-corrected chi connectivity index (χ3v) is 3.25. The van der Waals surface area contributed by atoms with Crippen molar-refractivity contribution in [2.24, 2.45) is 0 Å². The van der Waals surface area contributed by atoms with Crippen LogP contribution in [0.4, 0.5) is 5.69 Å². The van der Waals surface area contributed by atoms with Gasteiger partial charge in [0.25, 0.3) is 5.91 Å². The largest absolute Gasteiger partial charge is 0.383 e. The highest BCUT2D eigenvalue weighted by Crippen LogP contribution is 2.19. The SMILES string of the molecule is COCCN(C(=O)c1ccnc(Cl)c1)c1ccc(C#N)cc1. The van der Waals surface area contributed by atoms with Gasteiger partial charge >= 0.3 is 0 Å². The third-order valence-electron chi connectivity index (χ3n) is 3.05. The minimum absolute atomic E-state index is 0.203. The molecular formula is C16H14ClN3O2. The maximum Gasteiger partial charge on any atom is 0.258 e. The summed E-state index contributed by atoms with van der Waals surface area (Å²) in [6, 6.07) is 12.0. The smallest absolute Gasteiger partial charge is 0.258 e. The van der Waals surface area contributed by atoms with E-state index in [9.17, 15) is 4.79 Å². The second-order valence-electron chi connectivity index (χ2n) is 4.48. The number of carbonyl (C=O) groups is 1. The first kappa shape index (κ1) is 16.0. The molecule has 1 heterocycles. The fraction of sp³-hybridized carbons (Fsp3) is 0.188. The molecule has 6 heteroatoms. The highest BCUT2D eigenvalue weighted by atomic mass is 35.5. The Bertz CT molecular complexity index is 695. The average molecular weight is 316 g/mol. The molecule has 2 aromatic rings. The predicted molar refractivity (Wildman–Crippen MR) is 84.0 cm³/mol. The molecule has 0 unspecified atom stereocenters. The number of nitriles is 1. The van der Waals surface area contributed by atoms with Crippen molar-refractivity contribution >= 4 is 23.2 Å². The van der Waals surface area contributed by atoms with Crippen molar-refractivity contribution in [3.63, 3.8) is 0 Å². The molecule has 0 N–H and O–H groups in total. The van der Waals surface area contributed by atoms with E-state index >= 15 is 0 Å². The molecule has 112 valence electrons. The fourth-order valence-electron chi connectivity index (χ4n) is 1.94. The molecule has 5 nitrogen and oxygen atoms in total. The monoisotopic (exact) mass is 315 g/mol. The number of ether oxygens (including phenoxy) is 1. The van der Waals surface area contributed by atoms with Gasteiger partial charge < -0.3 is 9.64 Å². The van der Waals surface area contributed by atoms with Gasteiger partial charge in [0, 0.05) is 31.1 Å². The number of pyridine rings is 1. The maximum absolute atomic E-state index is 12.7. The van der Waals surface area contributed by atoms with E-state index in [-0.39, 0.29) is 11.1 Å². The molecule has 0 spiro atoms.